The van der Waals surface area contributed by atoms with Crippen molar-refractivity contribution in [3.05, 3.63) is 51.7 Å². The standard InChI is InChI=1S/C17H21NOS/c1-12-3-8-17(20-12)11-18-15-9-14(10-15)13-4-6-16(19-2)7-5-13/h3-8,14-15,18H,9-11H2,1-2H3. The summed E-state index contributed by atoms with van der Waals surface area (Å²) in [6.07, 6.45) is 2.49. The van der Waals surface area contributed by atoms with Crippen molar-refractivity contribution in [3.63, 3.8) is 0 Å². The van der Waals surface area contributed by atoms with E-state index in [2.05, 4.69) is 48.6 Å². The van der Waals surface area contributed by atoms with Gasteiger partial charge in [0.1, 0.15) is 5.75 Å². The fourth-order valence-electron chi connectivity index (χ4n) is 2.76. The summed E-state index contributed by atoms with van der Waals surface area (Å²) in [5, 5.41) is 3.66. The van der Waals surface area contributed by atoms with Crippen LogP contribution in [-0.2, 0) is 6.54 Å². The highest BCUT2D eigenvalue weighted by Gasteiger charge is 2.29. The molecule has 1 fully saturated rings. The van der Waals surface area contributed by atoms with Crippen molar-refractivity contribution in [1.29, 1.82) is 0 Å². The van der Waals surface area contributed by atoms with E-state index in [1.54, 1.807) is 7.11 Å². The second kappa shape index (κ2) is 5.98. The van der Waals surface area contributed by atoms with E-state index in [1.165, 1.54) is 28.2 Å². The lowest BCUT2D eigenvalue weighted by Gasteiger charge is -2.36. The lowest BCUT2D eigenvalue weighted by Crippen LogP contribution is -2.39. The molecule has 2 aromatic rings. The molecule has 0 radical (unpaired) electrons. The first-order valence-electron chi connectivity index (χ1n) is 7.17. The van der Waals surface area contributed by atoms with Gasteiger partial charge in [0.15, 0.2) is 0 Å². The molecule has 1 aromatic heterocycles. The molecule has 1 aliphatic carbocycles. The Balaban J connectivity index is 1.46. The first-order chi connectivity index (χ1) is 9.74. The fourth-order valence-corrected chi connectivity index (χ4v) is 3.60. The van der Waals surface area contributed by atoms with E-state index < -0.39 is 0 Å². The average molecular weight is 287 g/mol. The molecule has 106 valence electrons. The molecule has 3 rings (SSSR count). The van der Waals surface area contributed by atoms with Gasteiger partial charge in [-0.05, 0) is 55.5 Å². The topological polar surface area (TPSA) is 21.3 Å². The molecule has 1 aromatic carbocycles. The molecule has 0 amide bonds. The average Bonchev–Trinajstić information content (AvgIpc) is 2.83. The number of nitrogens with one attached hydrogen (secondary N) is 1. The number of aryl methyl sites for hydroxylation is 1. The number of rotatable bonds is 5. The van der Waals surface area contributed by atoms with E-state index in [0.29, 0.717) is 12.0 Å². The van der Waals surface area contributed by atoms with Crippen molar-refractivity contribution < 1.29 is 4.74 Å². The number of thiophene rings is 1. The minimum Gasteiger partial charge on any atom is -0.497 e. The van der Waals surface area contributed by atoms with Gasteiger partial charge in [0.05, 0.1) is 7.11 Å². The smallest absolute Gasteiger partial charge is 0.118 e. The zero-order valence-corrected chi connectivity index (χ0v) is 12.9. The summed E-state index contributed by atoms with van der Waals surface area (Å²) in [5.41, 5.74) is 1.44. The molecule has 0 aliphatic heterocycles. The van der Waals surface area contributed by atoms with Crippen molar-refractivity contribution in [2.45, 2.75) is 38.3 Å². The van der Waals surface area contributed by atoms with Gasteiger partial charge >= 0.3 is 0 Å². The molecule has 1 saturated carbocycles. The van der Waals surface area contributed by atoms with E-state index in [0.717, 1.165) is 12.3 Å². The van der Waals surface area contributed by atoms with Crippen molar-refractivity contribution >= 4 is 11.3 Å². The molecule has 0 saturated heterocycles. The second-order valence-corrected chi connectivity index (χ2v) is 6.90. The van der Waals surface area contributed by atoms with Crippen LogP contribution in [0.1, 0.15) is 34.1 Å². The van der Waals surface area contributed by atoms with Crippen LogP contribution in [0, 0.1) is 6.92 Å². The monoisotopic (exact) mass is 287 g/mol. The predicted octanol–water partition coefficient (Wildman–Crippen LogP) is 4.10. The Bertz CT molecular complexity index is 555. The Morgan fingerprint density at radius 1 is 1.15 bits per heavy atom. The summed E-state index contributed by atoms with van der Waals surface area (Å²) < 4.78 is 5.20. The molecule has 1 heterocycles. The van der Waals surface area contributed by atoms with Crippen LogP contribution < -0.4 is 10.1 Å². The Morgan fingerprint density at radius 3 is 2.50 bits per heavy atom. The van der Waals surface area contributed by atoms with Gasteiger partial charge < -0.3 is 10.1 Å². The van der Waals surface area contributed by atoms with Gasteiger partial charge in [0, 0.05) is 22.3 Å². The Hall–Kier alpha value is -1.32. The van der Waals surface area contributed by atoms with E-state index in [1.807, 2.05) is 11.3 Å². The van der Waals surface area contributed by atoms with Crippen LogP contribution in [0.4, 0.5) is 0 Å². The lowest BCUT2D eigenvalue weighted by atomic mass is 9.76. The third-order valence-electron chi connectivity index (χ3n) is 4.09. The van der Waals surface area contributed by atoms with Gasteiger partial charge in [-0.25, -0.2) is 0 Å². The highest BCUT2D eigenvalue weighted by molar-refractivity contribution is 7.11. The van der Waals surface area contributed by atoms with Crippen molar-refractivity contribution in [2.75, 3.05) is 7.11 Å². The minimum atomic E-state index is 0.671. The molecule has 0 bridgehead atoms. The number of benzene rings is 1. The summed E-state index contributed by atoms with van der Waals surface area (Å²) in [4.78, 5) is 2.84. The molecule has 2 nitrogen and oxygen atoms in total. The minimum absolute atomic E-state index is 0.671. The highest BCUT2D eigenvalue weighted by Crippen LogP contribution is 2.37. The molecule has 0 atom stereocenters. The van der Waals surface area contributed by atoms with Crippen molar-refractivity contribution in [3.8, 4) is 5.75 Å². The van der Waals surface area contributed by atoms with Crippen LogP contribution in [-0.4, -0.2) is 13.2 Å². The molecule has 20 heavy (non-hydrogen) atoms. The zero-order chi connectivity index (χ0) is 13.9. The number of hydrogen-bond donors (Lipinski definition) is 1. The van der Waals surface area contributed by atoms with Gasteiger partial charge in [-0.1, -0.05) is 12.1 Å². The fraction of sp³-hybridized carbons (Fsp3) is 0.412. The predicted molar refractivity (Wildman–Crippen MR) is 84.7 cm³/mol. The summed E-state index contributed by atoms with van der Waals surface area (Å²) in [5.74, 6) is 1.65. The SMILES string of the molecule is COc1ccc(C2CC(NCc3ccc(C)s3)C2)cc1. The normalized spacial score (nSPS) is 21.5. The molecular weight excluding hydrogens is 266 g/mol. The Labute approximate surface area is 124 Å². The Morgan fingerprint density at radius 2 is 1.90 bits per heavy atom. The maximum Gasteiger partial charge on any atom is 0.118 e. The van der Waals surface area contributed by atoms with Crippen LogP contribution in [0.2, 0.25) is 0 Å². The second-order valence-electron chi connectivity index (χ2n) is 5.53. The van der Waals surface area contributed by atoms with Crippen LogP contribution in [0.25, 0.3) is 0 Å². The first-order valence-corrected chi connectivity index (χ1v) is 7.99. The molecule has 0 unspecified atom stereocenters. The van der Waals surface area contributed by atoms with Gasteiger partial charge in [-0.3, -0.25) is 0 Å². The van der Waals surface area contributed by atoms with Crippen LogP contribution in [0.15, 0.2) is 36.4 Å². The van der Waals surface area contributed by atoms with Gasteiger partial charge in [0.25, 0.3) is 0 Å². The summed E-state index contributed by atoms with van der Waals surface area (Å²) in [7, 11) is 1.71. The van der Waals surface area contributed by atoms with Gasteiger partial charge in [0.2, 0.25) is 0 Å². The third-order valence-corrected chi connectivity index (χ3v) is 5.09. The van der Waals surface area contributed by atoms with Crippen LogP contribution in [0.3, 0.4) is 0 Å². The van der Waals surface area contributed by atoms with E-state index >= 15 is 0 Å². The molecular formula is C17H21NOS. The molecule has 1 aliphatic rings. The quantitative estimate of drug-likeness (QED) is 0.894. The summed E-state index contributed by atoms with van der Waals surface area (Å²) in [6.45, 7) is 3.18. The number of hydrogen-bond acceptors (Lipinski definition) is 3. The van der Waals surface area contributed by atoms with E-state index in [-0.39, 0.29) is 0 Å². The van der Waals surface area contributed by atoms with Crippen molar-refractivity contribution in [2.24, 2.45) is 0 Å². The molecule has 3 heteroatoms. The van der Waals surface area contributed by atoms with E-state index in [9.17, 15) is 0 Å². The molecule has 0 spiro atoms. The largest absolute Gasteiger partial charge is 0.497 e. The maximum absolute atomic E-state index is 5.20. The van der Waals surface area contributed by atoms with Gasteiger partial charge in [-0.2, -0.15) is 0 Å². The summed E-state index contributed by atoms with van der Waals surface area (Å²) >= 11 is 1.89. The van der Waals surface area contributed by atoms with Crippen LogP contribution in [0.5, 0.6) is 5.75 Å². The van der Waals surface area contributed by atoms with E-state index in [4.69, 9.17) is 4.74 Å². The maximum atomic E-state index is 5.20. The third kappa shape index (κ3) is 3.05. The first kappa shape index (κ1) is 13.7. The highest BCUT2D eigenvalue weighted by atomic mass is 32.1. The summed E-state index contributed by atoms with van der Waals surface area (Å²) in [6, 6.07) is 13.6. The molecule has 1 N–H and O–H groups in total. The zero-order valence-electron chi connectivity index (χ0n) is 12.1. The van der Waals surface area contributed by atoms with Gasteiger partial charge in [-0.15, -0.1) is 11.3 Å². The number of methoxy groups -OCH3 is 1. The lowest BCUT2D eigenvalue weighted by molar-refractivity contribution is 0.290. The Kier molecular flexibility index (Phi) is 4.08. The number of ether oxygens (including phenoxy) is 1. The van der Waals surface area contributed by atoms with Crippen molar-refractivity contribution in [1.82, 2.24) is 5.32 Å². The van der Waals surface area contributed by atoms with Crippen LogP contribution >= 0.6 is 11.3 Å².